The molecule has 1 aliphatic heterocycles. The molecule has 0 spiro atoms. The molecule has 0 atom stereocenters. The summed E-state index contributed by atoms with van der Waals surface area (Å²) in [6, 6.07) is 8.38. The molecule has 1 amide bonds. The van der Waals surface area contributed by atoms with E-state index in [0.717, 1.165) is 31.5 Å². The fourth-order valence-electron chi connectivity index (χ4n) is 3.13. The third-order valence-electron chi connectivity index (χ3n) is 4.92. The maximum atomic E-state index is 12.3. The number of halogens is 2. The van der Waals surface area contributed by atoms with E-state index in [1.165, 1.54) is 12.8 Å². The molecule has 154 valence electrons. The molecule has 0 aliphatic carbocycles. The number of nitrogens with two attached hydrogens (primary N) is 1. The van der Waals surface area contributed by atoms with Crippen molar-refractivity contribution in [2.24, 2.45) is 11.7 Å². The zero-order valence-electron chi connectivity index (χ0n) is 16.1. The number of hydrogen-bond donors (Lipinski definition) is 1. The topological polar surface area (TPSA) is 75.9 Å². The number of rotatable bonds is 7. The smallest absolute Gasteiger partial charge is 0.307 e. The van der Waals surface area contributed by atoms with Crippen LogP contribution in [0.15, 0.2) is 24.3 Å². The molecule has 2 rings (SSSR count). The highest BCUT2D eigenvalue weighted by atomic mass is 35.5. The quantitative estimate of drug-likeness (QED) is 0.687. The summed E-state index contributed by atoms with van der Waals surface area (Å²) in [5.41, 5.74) is 8.00. The summed E-state index contributed by atoms with van der Waals surface area (Å²) in [4.78, 5) is 27.4. The van der Waals surface area contributed by atoms with E-state index in [2.05, 4.69) is 33.9 Å². The SMILES string of the molecule is COC(=O)CCN(C)C(=O)CC1CCN(c2ccc(CN)cc2)CC1.Cl.Cl. The van der Waals surface area contributed by atoms with Gasteiger partial charge in [0.25, 0.3) is 0 Å². The van der Waals surface area contributed by atoms with Gasteiger partial charge in [-0.3, -0.25) is 9.59 Å². The zero-order chi connectivity index (χ0) is 18.2. The first-order chi connectivity index (χ1) is 12.0. The molecule has 1 aromatic rings. The van der Waals surface area contributed by atoms with Crippen LogP contribution in [0.2, 0.25) is 0 Å². The molecule has 1 aromatic carbocycles. The predicted molar refractivity (Wildman–Crippen MR) is 113 cm³/mol. The van der Waals surface area contributed by atoms with E-state index in [-0.39, 0.29) is 43.1 Å². The van der Waals surface area contributed by atoms with Crippen molar-refractivity contribution < 1.29 is 14.3 Å². The Bertz CT molecular complexity index is 576. The lowest BCUT2D eigenvalue weighted by atomic mass is 9.92. The number of nitrogens with zero attached hydrogens (tertiary/aromatic N) is 2. The number of esters is 1. The molecule has 0 bridgehead atoms. The minimum absolute atomic E-state index is 0. The van der Waals surface area contributed by atoms with Gasteiger partial charge in [0.2, 0.25) is 5.91 Å². The van der Waals surface area contributed by atoms with E-state index >= 15 is 0 Å². The van der Waals surface area contributed by atoms with Gasteiger partial charge in [-0.05, 0) is 36.5 Å². The molecule has 1 heterocycles. The molecule has 6 nitrogen and oxygen atoms in total. The lowest BCUT2D eigenvalue weighted by molar-refractivity contribution is -0.141. The average Bonchev–Trinajstić information content (AvgIpc) is 2.66. The summed E-state index contributed by atoms with van der Waals surface area (Å²) in [5.74, 6) is 0.232. The lowest BCUT2D eigenvalue weighted by Gasteiger charge is -2.34. The van der Waals surface area contributed by atoms with Gasteiger partial charge in [0.15, 0.2) is 0 Å². The largest absolute Gasteiger partial charge is 0.469 e. The van der Waals surface area contributed by atoms with Crippen molar-refractivity contribution >= 4 is 42.4 Å². The Morgan fingerprint density at radius 3 is 2.30 bits per heavy atom. The van der Waals surface area contributed by atoms with Gasteiger partial charge in [-0.15, -0.1) is 24.8 Å². The minimum Gasteiger partial charge on any atom is -0.469 e. The third kappa shape index (κ3) is 7.95. The Morgan fingerprint density at radius 2 is 1.78 bits per heavy atom. The second-order valence-corrected chi connectivity index (χ2v) is 6.65. The van der Waals surface area contributed by atoms with Gasteiger partial charge < -0.3 is 20.3 Å². The van der Waals surface area contributed by atoms with Crippen LogP contribution < -0.4 is 10.6 Å². The van der Waals surface area contributed by atoms with Gasteiger partial charge in [-0.2, -0.15) is 0 Å². The summed E-state index contributed by atoms with van der Waals surface area (Å²) >= 11 is 0. The molecule has 27 heavy (non-hydrogen) atoms. The van der Waals surface area contributed by atoms with Crippen molar-refractivity contribution in [3.05, 3.63) is 29.8 Å². The summed E-state index contributed by atoms with van der Waals surface area (Å²) in [5, 5.41) is 0. The van der Waals surface area contributed by atoms with Crippen LogP contribution in [0.5, 0.6) is 0 Å². The highest BCUT2D eigenvalue weighted by Crippen LogP contribution is 2.26. The van der Waals surface area contributed by atoms with Crippen LogP contribution in [0.25, 0.3) is 0 Å². The highest BCUT2D eigenvalue weighted by Gasteiger charge is 2.23. The van der Waals surface area contributed by atoms with Crippen LogP contribution in [0, 0.1) is 5.92 Å². The minimum atomic E-state index is -0.284. The van der Waals surface area contributed by atoms with E-state index in [0.29, 0.717) is 25.4 Å². The van der Waals surface area contributed by atoms with E-state index in [1.807, 2.05) is 0 Å². The van der Waals surface area contributed by atoms with Crippen LogP contribution in [0.1, 0.15) is 31.2 Å². The molecule has 0 unspecified atom stereocenters. The third-order valence-corrected chi connectivity index (χ3v) is 4.92. The van der Waals surface area contributed by atoms with E-state index in [9.17, 15) is 9.59 Å². The van der Waals surface area contributed by atoms with Crippen LogP contribution in [0.4, 0.5) is 5.69 Å². The lowest BCUT2D eigenvalue weighted by Crippen LogP contribution is -2.36. The number of amides is 1. The molecule has 1 aliphatic rings. The predicted octanol–water partition coefficient (Wildman–Crippen LogP) is 2.62. The second-order valence-electron chi connectivity index (χ2n) is 6.65. The van der Waals surface area contributed by atoms with Gasteiger partial charge >= 0.3 is 5.97 Å². The van der Waals surface area contributed by atoms with E-state index < -0.39 is 0 Å². The molecule has 8 heteroatoms. The first kappa shape index (κ1) is 25.5. The first-order valence-corrected chi connectivity index (χ1v) is 8.88. The molecule has 1 fully saturated rings. The van der Waals surface area contributed by atoms with Gasteiger partial charge in [0.1, 0.15) is 0 Å². The maximum Gasteiger partial charge on any atom is 0.307 e. The molecule has 0 aromatic heterocycles. The summed E-state index contributed by atoms with van der Waals surface area (Å²) in [6.07, 6.45) is 2.82. The Labute approximate surface area is 174 Å². The van der Waals surface area contributed by atoms with Gasteiger partial charge in [-0.1, -0.05) is 12.1 Å². The molecule has 2 N–H and O–H groups in total. The number of carbonyl (C=O) groups is 2. The zero-order valence-corrected chi connectivity index (χ0v) is 17.7. The van der Waals surface area contributed by atoms with E-state index in [4.69, 9.17) is 5.73 Å². The Kier molecular flexibility index (Phi) is 12.1. The molecular formula is C19H31Cl2N3O3. The second kappa shape index (κ2) is 12.8. The maximum absolute atomic E-state index is 12.3. The Hall–Kier alpha value is -1.50. The number of anilines is 1. The molecule has 0 radical (unpaired) electrons. The fourth-order valence-corrected chi connectivity index (χ4v) is 3.13. The Morgan fingerprint density at radius 1 is 1.19 bits per heavy atom. The fraction of sp³-hybridized carbons (Fsp3) is 0.579. The van der Waals surface area contributed by atoms with E-state index in [1.54, 1.807) is 11.9 Å². The normalized spacial score (nSPS) is 14.0. The van der Waals surface area contributed by atoms with Crippen LogP contribution in [-0.2, 0) is 20.9 Å². The van der Waals surface area contributed by atoms with Crippen LogP contribution in [0.3, 0.4) is 0 Å². The first-order valence-electron chi connectivity index (χ1n) is 8.88. The average molecular weight is 420 g/mol. The highest BCUT2D eigenvalue weighted by molar-refractivity contribution is 5.85. The molecular weight excluding hydrogens is 389 g/mol. The van der Waals surface area contributed by atoms with Crippen molar-refractivity contribution in [3.8, 4) is 0 Å². The number of methoxy groups -OCH3 is 1. The van der Waals surface area contributed by atoms with Crippen molar-refractivity contribution in [1.29, 1.82) is 0 Å². The van der Waals surface area contributed by atoms with Gasteiger partial charge in [-0.25, -0.2) is 0 Å². The summed E-state index contributed by atoms with van der Waals surface area (Å²) < 4.78 is 4.61. The molecule has 1 saturated heterocycles. The van der Waals surface area contributed by atoms with Crippen molar-refractivity contribution in [3.63, 3.8) is 0 Å². The summed E-state index contributed by atoms with van der Waals surface area (Å²) in [7, 11) is 3.11. The number of hydrogen-bond acceptors (Lipinski definition) is 5. The van der Waals surface area contributed by atoms with Crippen LogP contribution in [-0.4, -0.2) is 50.6 Å². The summed E-state index contributed by atoms with van der Waals surface area (Å²) in [6.45, 7) is 2.91. The van der Waals surface area contributed by atoms with Crippen LogP contribution >= 0.6 is 24.8 Å². The number of benzene rings is 1. The van der Waals surface area contributed by atoms with Gasteiger partial charge in [0, 0.05) is 45.3 Å². The number of piperidine rings is 1. The van der Waals surface area contributed by atoms with Crippen molar-refractivity contribution in [2.45, 2.75) is 32.2 Å². The number of carbonyl (C=O) groups excluding carboxylic acids is 2. The van der Waals surface area contributed by atoms with Crippen molar-refractivity contribution in [1.82, 2.24) is 4.90 Å². The standard InChI is InChI=1S/C19H29N3O3.2ClH/c1-21(10-9-19(24)25-2)18(23)13-15-7-11-22(12-8-15)17-5-3-16(14-20)4-6-17;;/h3-6,15H,7-14,20H2,1-2H3;2*1H. The molecule has 0 saturated carbocycles. The van der Waals surface area contributed by atoms with Crippen molar-refractivity contribution in [2.75, 3.05) is 38.7 Å². The Balaban J connectivity index is 0.00000338. The van der Waals surface area contributed by atoms with Gasteiger partial charge in [0.05, 0.1) is 13.5 Å². The monoisotopic (exact) mass is 419 g/mol. The number of ether oxygens (including phenoxy) is 1.